The van der Waals surface area contributed by atoms with Crippen molar-refractivity contribution in [1.29, 1.82) is 0 Å². The summed E-state index contributed by atoms with van der Waals surface area (Å²) >= 11 is 1.60. The van der Waals surface area contributed by atoms with E-state index < -0.39 is 0 Å². The van der Waals surface area contributed by atoms with Crippen LogP contribution in [0.4, 0.5) is 10.5 Å². The molecule has 0 aromatic heterocycles. The number of anilines is 1. The Morgan fingerprint density at radius 3 is 2.45 bits per heavy atom. The van der Waals surface area contributed by atoms with E-state index in [1.165, 1.54) is 0 Å². The van der Waals surface area contributed by atoms with Crippen molar-refractivity contribution in [3.8, 4) is 0 Å². The van der Waals surface area contributed by atoms with Crippen LogP contribution in [0.15, 0.2) is 53.4 Å². The van der Waals surface area contributed by atoms with Crippen LogP contribution in [0.2, 0.25) is 0 Å². The van der Waals surface area contributed by atoms with Crippen LogP contribution < -0.4 is 10.6 Å². The van der Waals surface area contributed by atoms with Crippen LogP contribution in [0.25, 0.3) is 0 Å². The van der Waals surface area contributed by atoms with Crippen LogP contribution in [0.3, 0.4) is 0 Å². The summed E-state index contributed by atoms with van der Waals surface area (Å²) in [6, 6.07) is 15.5. The van der Waals surface area contributed by atoms with Crippen molar-refractivity contribution in [3.63, 3.8) is 0 Å². The predicted octanol–water partition coefficient (Wildman–Crippen LogP) is 3.88. The summed E-state index contributed by atoms with van der Waals surface area (Å²) in [6.45, 7) is 1.08. The summed E-state index contributed by atoms with van der Waals surface area (Å²) in [4.78, 5) is 13.0. The lowest BCUT2D eigenvalue weighted by Crippen LogP contribution is -2.28. The van der Waals surface area contributed by atoms with Gasteiger partial charge in [0.1, 0.15) is 0 Å². The lowest BCUT2D eigenvalue weighted by atomic mass is 10.1. The van der Waals surface area contributed by atoms with E-state index in [1.807, 2.05) is 54.8 Å². The van der Waals surface area contributed by atoms with Gasteiger partial charge in [0, 0.05) is 18.6 Å². The Morgan fingerprint density at radius 2 is 1.77 bits per heavy atom. The first-order valence-corrected chi connectivity index (χ1v) is 8.20. The van der Waals surface area contributed by atoms with Crippen molar-refractivity contribution < 1.29 is 9.53 Å². The highest BCUT2D eigenvalue weighted by molar-refractivity contribution is 7.98. The number of nitrogens with one attached hydrogen (secondary N) is 2. The molecule has 5 heteroatoms. The molecular formula is C17H20N2O2S. The van der Waals surface area contributed by atoms with Crippen LogP contribution >= 0.6 is 11.8 Å². The Morgan fingerprint density at radius 1 is 1.09 bits per heavy atom. The standard InChI is InChI=1S/C17H20N2O2S/c1-21-12-14-9-7-13(8-10-14)11-18-17(20)19-15-5-3-4-6-16(15)22-2/h3-10H,11-12H2,1-2H3,(H2,18,19,20). The molecule has 2 amide bonds. The summed E-state index contributed by atoms with van der Waals surface area (Å²) in [5.74, 6) is 0. The molecule has 2 rings (SSSR count). The fourth-order valence-electron chi connectivity index (χ4n) is 2.02. The molecule has 0 saturated carbocycles. The van der Waals surface area contributed by atoms with Crippen molar-refractivity contribution in [2.75, 3.05) is 18.7 Å². The third-order valence-electron chi connectivity index (χ3n) is 3.14. The normalized spacial score (nSPS) is 10.3. The van der Waals surface area contributed by atoms with E-state index in [1.54, 1.807) is 18.9 Å². The highest BCUT2D eigenvalue weighted by Gasteiger charge is 2.05. The second-order valence-electron chi connectivity index (χ2n) is 4.76. The number of para-hydroxylation sites is 1. The molecular weight excluding hydrogens is 296 g/mol. The maximum atomic E-state index is 12.0. The van der Waals surface area contributed by atoms with Gasteiger partial charge in [-0.25, -0.2) is 4.79 Å². The van der Waals surface area contributed by atoms with E-state index in [4.69, 9.17) is 4.74 Å². The van der Waals surface area contributed by atoms with Gasteiger partial charge in [-0.3, -0.25) is 0 Å². The molecule has 22 heavy (non-hydrogen) atoms. The maximum absolute atomic E-state index is 12.0. The molecule has 0 bridgehead atoms. The predicted molar refractivity (Wildman–Crippen MR) is 91.2 cm³/mol. The number of hydrogen-bond acceptors (Lipinski definition) is 3. The zero-order valence-corrected chi connectivity index (χ0v) is 13.6. The number of rotatable bonds is 6. The topological polar surface area (TPSA) is 50.4 Å². The lowest BCUT2D eigenvalue weighted by molar-refractivity contribution is 0.185. The third kappa shape index (κ3) is 4.79. The summed E-state index contributed by atoms with van der Waals surface area (Å²) in [7, 11) is 1.67. The van der Waals surface area contributed by atoms with E-state index in [-0.39, 0.29) is 6.03 Å². The SMILES string of the molecule is COCc1ccc(CNC(=O)Nc2ccccc2SC)cc1. The van der Waals surface area contributed by atoms with E-state index in [2.05, 4.69) is 10.6 Å². The average Bonchev–Trinajstić information content (AvgIpc) is 2.55. The van der Waals surface area contributed by atoms with Crippen molar-refractivity contribution in [2.45, 2.75) is 18.0 Å². The van der Waals surface area contributed by atoms with Crippen LogP contribution in [0.1, 0.15) is 11.1 Å². The van der Waals surface area contributed by atoms with Crippen LogP contribution in [-0.2, 0) is 17.9 Å². The first-order chi connectivity index (χ1) is 10.7. The monoisotopic (exact) mass is 316 g/mol. The van der Waals surface area contributed by atoms with Gasteiger partial charge < -0.3 is 15.4 Å². The average molecular weight is 316 g/mol. The number of urea groups is 1. The van der Waals surface area contributed by atoms with E-state index in [0.717, 1.165) is 21.7 Å². The Balaban J connectivity index is 1.87. The number of amides is 2. The molecule has 0 aliphatic rings. The van der Waals surface area contributed by atoms with Gasteiger partial charge in [0.25, 0.3) is 0 Å². The zero-order valence-electron chi connectivity index (χ0n) is 12.8. The number of methoxy groups -OCH3 is 1. The molecule has 0 radical (unpaired) electrons. The first kappa shape index (κ1) is 16.4. The zero-order chi connectivity index (χ0) is 15.8. The van der Waals surface area contributed by atoms with E-state index >= 15 is 0 Å². The molecule has 0 unspecified atom stereocenters. The van der Waals surface area contributed by atoms with Gasteiger partial charge in [-0.2, -0.15) is 0 Å². The smallest absolute Gasteiger partial charge is 0.319 e. The van der Waals surface area contributed by atoms with Gasteiger partial charge in [-0.1, -0.05) is 36.4 Å². The molecule has 2 N–H and O–H groups in total. The molecule has 4 nitrogen and oxygen atoms in total. The molecule has 2 aromatic carbocycles. The second kappa shape index (κ2) is 8.46. The van der Waals surface area contributed by atoms with Gasteiger partial charge in [-0.15, -0.1) is 11.8 Å². The summed E-state index contributed by atoms with van der Waals surface area (Å²) in [6.07, 6.45) is 1.99. The van der Waals surface area contributed by atoms with Crippen molar-refractivity contribution in [2.24, 2.45) is 0 Å². The van der Waals surface area contributed by atoms with Crippen molar-refractivity contribution in [1.82, 2.24) is 5.32 Å². The Kier molecular flexibility index (Phi) is 6.30. The Hall–Kier alpha value is -1.98. The number of carbonyl (C=O) groups excluding carboxylic acids is 1. The minimum atomic E-state index is -0.206. The molecule has 0 atom stereocenters. The molecule has 0 spiro atoms. The molecule has 0 aliphatic carbocycles. The number of carbonyl (C=O) groups is 1. The fourth-order valence-corrected chi connectivity index (χ4v) is 2.57. The van der Waals surface area contributed by atoms with Gasteiger partial charge >= 0.3 is 6.03 Å². The molecule has 0 saturated heterocycles. The Labute approximate surface area is 135 Å². The van der Waals surface area contributed by atoms with Crippen LogP contribution in [0.5, 0.6) is 0 Å². The van der Waals surface area contributed by atoms with Gasteiger partial charge in [0.05, 0.1) is 12.3 Å². The molecule has 0 fully saturated rings. The quantitative estimate of drug-likeness (QED) is 0.795. The minimum Gasteiger partial charge on any atom is -0.380 e. The van der Waals surface area contributed by atoms with Crippen LogP contribution in [0, 0.1) is 0 Å². The van der Waals surface area contributed by atoms with Crippen molar-refractivity contribution >= 4 is 23.5 Å². The summed E-state index contributed by atoms with van der Waals surface area (Å²) in [5, 5.41) is 5.73. The number of hydrogen-bond donors (Lipinski definition) is 2. The highest BCUT2D eigenvalue weighted by atomic mass is 32.2. The van der Waals surface area contributed by atoms with E-state index in [0.29, 0.717) is 13.2 Å². The van der Waals surface area contributed by atoms with Gasteiger partial charge in [0.15, 0.2) is 0 Å². The van der Waals surface area contributed by atoms with Gasteiger partial charge in [0.2, 0.25) is 0 Å². The van der Waals surface area contributed by atoms with Crippen molar-refractivity contribution in [3.05, 3.63) is 59.7 Å². The maximum Gasteiger partial charge on any atom is 0.319 e. The fraction of sp³-hybridized carbons (Fsp3) is 0.235. The van der Waals surface area contributed by atoms with Crippen LogP contribution in [-0.4, -0.2) is 19.4 Å². The number of thioether (sulfide) groups is 1. The first-order valence-electron chi connectivity index (χ1n) is 6.97. The second-order valence-corrected chi connectivity index (χ2v) is 5.61. The third-order valence-corrected chi connectivity index (χ3v) is 3.94. The summed E-state index contributed by atoms with van der Waals surface area (Å²) < 4.78 is 5.07. The Bertz CT molecular complexity index is 614. The number of benzene rings is 2. The lowest BCUT2D eigenvalue weighted by Gasteiger charge is -2.10. The van der Waals surface area contributed by atoms with Gasteiger partial charge in [-0.05, 0) is 29.5 Å². The molecule has 0 aliphatic heterocycles. The molecule has 2 aromatic rings. The molecule has 116 valence electrons. The largest absolute Gasteiger partial charge is 0.380 e. The molecule has 0 heterocycles. The minimum absolute atomic E-state index is 0.206. The number of ether oxygens (including phenoxy) is 1. The van der Waals surface area contributed by atoms with E-state index in [9.17, 15) is 4.79 Å². The highest BCUT2D eigenvalue weighted by Crippen LogP contribution is 2.24. The summed E-state index contributed by atoms with van der Waals surface area (Å²) in [5.41, 5.74) is 2.99.